The molecule has 2 heteroatoms. The van der Waals surface area contributed by atoms with Gasteiger partial charge in [-0.05, 0) is 31.0 Å². The number of nitrogen functional groups attached to an aromatic ring is 1. The van der Waals surface area contributed by atoms with Gasteiger partial charge in [0.05, 0.1) is 0 Å². The van der Waals surface area contributed by atoms with Crippen molar-refractivity contribution in [3.8, 4) is 0 Å². The van der Waals surface area contributed by atoms with E-state index >= 15 is 0 Å². The predicted octanol–water partition coefficient (Wildman–Crippen LogP) is 3.14. The standard InChI is InChI=1S/C16H18N2/c1-12-4-2-5-13(10-12)11-18-9-8-14-15(17)6-3-7-16(14)18/h2-7,10H,8-9,11,17H2,1H3. The Morgan fingerprint density at radius 3 is 2.83 bits per heavy atom. The molecule has 0 unspecified atom stereocenters. The Morgan fingerprint density at radius 2 is 2.00 bits per heavy atom. The van der Waals surface area contributed by atoms with Gasteiger partial charge in [0.2, 0.25) is 0 Å². The molecule has 2 aromatic rings. The molecule has 0 fully saturated rings. The number of anilines is 2. The van der Waals surface area contributed by atoms with E-state index in [1.54, 1.807) is 0 Å². The molecule has 0 aliphatic carbocycles. The molecule has 1 heterocycles. The second-order valence-corrected chi connectivity index (χ2v) is 5.01. The highest BCUT2D eigenvalue weighted by atomic mass is 15.1. The fourth-order valence-electron chi connectivity index (χ4n) is 2.72. The van der Waals surface area contributed by atoms with Crippen LogP contribution in [0.1, 0.15) is 16.7 Å². The van der Waals surface area contributed by atoms with Crippen LogP contribution in [-0.2, 0) is 13.0 Å². The number of nitrogens with zero attached hydrogens (tertiary/aromatic N) is 1. The molecular weight excluding hydrogens is 220 g/mol. The van der Waals surface area contributed by atoms with Crippen molar-refractivity contribution in [3.63, 3.8) is 0 Å². The van der Waals surface area contributed by atoms with Crippen molar-refractivity contribution in [2.24, 2.45) is 0 Å². The van der Waals surface area contributed by atoms with Crippen molar-refractivity contribution in [2.45, 2.75) is 19.9 Å². The monoisotopic (exact) mass is 238 g/mol. The number of nitrogens with two attached hydrogens (primary N) is 1. The number of rotatable bonds is 2. The summed E-state index contributed by atoms with van der Waals surface area (Å²) in [6, 6.07) is 14.9. The molecule has 0 saturated carbocycles. The molecule has 0 amide bonds. The molecule has 0 bridgehead atoms. The minimum absolute atomic E-state index is 0.930. The zero-order valence-corrected chi connectivity index (χ0v) is 10.7. The molecule has 18 heavy (non-hydrogen) atoms. The van der Waals surface area contributed by atoms with Crippen molar-refractivity contribution < 1.29 is 0 Å². The average Bonchev–Trinajstić information content (AvgIpc) is 2.74. The van der Waals surface area contributed by atoms with E-state index < -0.39 is 0 Å². The normalized spacial score (nSPS) is 13.7. The summed E-state index contributed by atoms with van der Waals surface area (Å²) in [5.74, 6) is 0. The molecule has 3 rings (SSSR count). The van der Waals surface area contributed by atoms with E-state index in [1.165, 1.54) is 22.4 Å². The summed E-state index contributed by atoms with van der Waals surface area (Å²) < 4.78 is 0. The summed E-state index contributed by atoms with van der Waals surface area (Å²) >= 11 is 0. The molecule has 0 aromatic heterocycles. The SMILES string of the molecule is Cc1cccc(CN2CCc3c(N)cccc32)c1. The Bertz CT molecular complexity index is 575. The average molecular weight is 238 g/mol. The van der Waals surface area contributed by atoms with Gasteiger partial charge in [-0.15, -0.1) is 0 Å². The Kier molecular flexibility index (Phi) is 2.71. The maximum atomic E-state index is 6.02. The van der Waals surface area contributed by atoms with Gasteiger partial charge in [-0.3, -0.25) is 0 Å². The van der Waals surface area contributed by atoms with Crippen LogP contribution >= 0.6 is 0 Å². The quantitative estimate of drug-likeness (QED) is 0.814. The molecular formula is C16H18N2. The number of hydrogen-bond donors (Lipinski definition) is 1. The van der Waals surface area contributed by atoms with E-state index in [9.17, 15) is 0 Å². The van der Waals surface area contributed by atoms with Gasteiger partial charge in [0.25, 0.3) is 0 Å². The van der Waals surface area contributed by atoms with Crippen LogP contribution in [0.2, 0.25) is 0 Å². The fourth-order valence-corrected chi connectivity index (χ4v) is 2.72. The first-order valence-corrected chi connectivity index (χ1v) is 6.42. The number of hydrogen-bond acceptors (Lipinski definition) is 2. The number of fused-ring (bicyclic) bond motifs is 1. The third kappa shape index (κ3) is 1.94. The van der Waals surface area contributed by atoms with Gasteiger partial charge in [-0.1, -0.05) is 35.9 Å². The van der Waals surface area contributed by atoms with Crippen molar-refractivity contribution in [1.29, 1.82) is 0 Å². The number of aryl methyl sites for hydroxylation is 1. The topological polar surface area (TPSA) is 29.3 Å². The van der Waals surface area contributed by atoms with Crippen LogP contribution in [0.25, 0.3) is 0 Å². The van der Waals surface area contributed by atoms with Gasteiger partial charge in [-0.2, -0.15) is 0 Å². The van der Waals surface area contributed by atoms with Gasteiger partial charge in [0, 0.05) is 30.0 Å². The maximum Gasteiger partial charge on any atom is 0.0429 e. The minimum Gasteiger partial charge on any atom is -0.398 e. The summed E-state index contributed by atoms with van der Waals surface area (Å²) in [5.41, 5.74) is 12.3. The molecule has 92 valence electrons. The summed E-state index contributed by atoms with van der Waals surface area (Å²) in [6.07, 6.45) is 1.06. The van der Waals surface area contributed by atoms with Crippen molar-refractivity contribution >= 4 is 11.4 Å². The lowest BCUT2D eigenvalue weighted by Crippen LogP contribution is -2.19. The fraction of sp³-hybridized carbons (Fsp3) is 0.250. The molecule has 0 spiro atoms. The molecule has 0 saturated heterocycles. The van der Waals surface area contributed by atoms with Gasteiger partial charge < -0.3 is 10.6 Å². The highest BCUT2D eigenvalue weighted by Crippen LogP contribution is 2.33. The highest BCUT2D eigenvalue weighted by Gasteiger charge is 2.20. The first-order valence-electron chi connectivity index (χ1n) is 6.42. The number of benzene rings is 2. The van der Waals surface area contributed by atoms with E-state index in [0.717, 1.165) is 25.2 Å². The maximum absolute atomic E-state index is 6.02. The van der Waals surface area contributed by atoms with Crippen LogP contribution in [0.3, 0.4) is 0 Å². The molecule has 1 aliphatic heterocycles. The molecule has 0 atom stereocenters. The van der Waals surface area contributed by atoms with E-state index in [0.29, 0.717) is 0 Å². The molecule has 2 N–H and O–H groups in total. The van der Waals surface area contributed by atoms with Crippen LogP contribution in [0.15, 0.2) is 42.5 Å². The van der Waals surface area contributed by atoms with Gasteiger partial charge in [-0.25, -0.2) is 0 Å². The van der Waals surface area contributed by atoms with Crippen molar-refractivity contribution in [1.82, 2.24) is 0 Å². The van der Waals surface area contributed by atoms with E-state index in [4.69, 9.17) is 5.73 Å². The van der Waals surface area contributed by atoms with Crippen LogP contribution in [0.5, 0.6) is 0 Å². The Labute approximate surface area is 108 Å². The zero-order chi connectivity index (χ0) is 12.5. The lowest BCUT2D eigenvalue weighted by Gasteiger charge is -2.20. The second-order valence-electron chi connectivity index (χ2n) is 5.01. The van der Waals surface area contributed by atoms with Crippen LogP contribution in [0.4, 0.5) is 11.4 Å². The Morgan fingerprint density at radius 1 is 1.17 bits per heavy atom. The van der Waals surface area contributed by atoms with E-state index in [-0.39, 0.29) is 0 Å². The Balaban J connectivity index is 1.87. The summed E-state index contributed by atoms with van der Waals surface area (Å²) in [6.45, 7) is 4.18. The summed E-state index contributed by atoms with van der Waals surface area (Å²) in [5, 5.41) is 0. The highest BCUT2D eigenvalue weighted by molar-refractivity contribution is 5.68. The molecule has 0 radical (unpaired) electrons. The zero-order valence-electron chi connectivity index (χ0n) is 10.7. The summed E-state index contributed by atoms with van der Waals surface area (Å²) in [4.78, 5) is 2.42. The van der Waals surface area contributed by atoms with E-state index in [2.05, 4.69) is 42.2 Å². The lowest BCUT2D eigenvalue weighted by atomic mass is 10.1. The molecule has 1 aliphatic rings. The summed E-state index contributed by atoms with van der Waals surface area (Å²) in [7, 11) is 0. The van der Waals surface area contributed by atoms with Gasteiger partial charge >= 0.3 is 0 Å². The lowest BCUT2D eigenvalue weighted by molar-refractivity contribution is 0.835. The van der Waals surface area contributed by atoms with Crippen LogP contribution < -0.4 is 10.6 Å². The predicted molar refractivity (Wildman–Crippen MR) is 76.8 cm³/mol. The van der Waals surface area contributed by atoms with Crippen LogP contribution in [-0.4, -0.2) is 6.54 Å². The van der Waals surface area contributed by atoms with Crippen LogP contribution in [0, 0.1) is 6.92 Å². The smallest absolute Gasteiger partial charge is 0.0429 e. The van der Waals surface area contributed by atoms with Gasteiger partial charge in [0.15, 0.2) is 0 Å². The minimum atomic E-state index is 0.930. The van der Waals surface area contributed by atoms with Crippen molar-refractivity contribution in [3.05, 3.63) is 59.2 Å². The van der Waals surface area contributed by atoms with E-state index in [1.807, 2.05) is 12.1 Å². The molecule has 2 aromatic carbocycles. The van der Waals surface area contributed by atoms with Gasteiger partial charge in [0.1, 0.15) is 0 Å². The largest absolute Gasteiger partial charge is 0.398 e. The first kappa shape index (κ1) is 11.1. The molecule has 2 nitrogen and oxygen atoms in total. The first-order chi connectivity index (χ1) is 8.74. The second kappa shape index (κ2) is 4.37. The Hall–Kier alpha value is -1.96. The third-order valence-electron chi connectivity index (χ3n) is 3.62. The van der Waals surface area contributed by atoms with Crippen molar-refractivity contribution in [2.75, 3.05) is 17.2 Å². The third-order valence-corrected chi connectivity index (χ3v) is 3.62.